The highest BCUT2D eigenvalue weighted by atomic mass is 35.5. The lowest BCUT2D eigenvalue weighted by molar-refractivity contribution is 0.0730. The van der Waals surface area contributed by atoms with Gasteiger partial charge in [-0.2, -0.15) is 0 Å². The first-order chi connectivity index (χ1) is 16.0. The summed E-state index contributed by atoms with van der Waals surface area (Å²) in [6.45, 7) is 0.354. The maximum absolute atomic E-state index is 13.9. The summed E-state index contributed by atoms with van der Waals surface area (Å²) in [5.41, 5.74) is 1.73. The van der Waals surface area contributed by atoms with Gasteiger partial charge in [0.2, 0.25) is 5.76 Å². The van der Waals surface area contributed by atoms with Crippen LogP contribution in [0.4, 0.5) is 4.39 Å². The fourth-order valence-corrected chi connectivity index (χ4v) is 4.38. The van der Waals surface area contributed by atoms with Gasteiger partial charge in [0.15, 0.2) is 5.43 Å². The number of carbonyl (C=O) groups is 1. The molecule has 0 fully saturated rings. The van der Waals surface area contributed by atoms with E-state index < -0.39 is 17.3 Å². The highest BCUT2D eigenvalue weighted by molar-refractivity contribution is 6.30. The van der Waals surface area contributed by atoms with Crippen molar-refractivity contribution in [2.75, 3.05) is 13.7 Å². The van der Waals surface area contributed by atoms with Gasteiger partial charge in [0.1, 0.15) is 17.1 Å². The van der Waals surface area contributed by atoms with Crippen molar-refractivity contribution in [3.8, 4) is 5.75 Å². The first kappa shape index (κ1) is 21.2. The van der Waals surface area contributed by atoms with Crippen LogP contribution in [0.2, 0.25) is 5.02 Å². The van der Waals surface area contributed by atoms with Gasteiger partial charge in [-0.15, -0.1) is 0 Å². The SMILES string of the molecule is COc1ccc(CCN2C(=O)c3oc4ccc(F)cc4c(=O)c3[C@H]2c2ccc(Cl)cc2)cc1. The third-order valence-electron chi connectivity index (χ3n) is 5.91. The molecular formula is C26H19ClFNO4. The number of rotatable bonds is 5. The summed E-state index contributed by atoms with van der Waals surface area (Å²) < 4.78 is 24.9. The maximum atomic E-state index is 13.9. The first-order valence-corrected chi connectivity index (χ1v) is 10.8. The molecule has 0 bridgehead atoms. The van der Waals surface area contributed by atoms with Gasteiger partial charge in [-0.3, -0.25) is 9.59 Å². The van der Waals surface area contributed by atoms with Gasteiger partial charge in [0.05, 0.1) is 24.1 Å². The molecule has 0 N–H and O–H groups in total. The van der Waals surface area contributed by atoms with Crippen LogP contribution in [0.15, 0.2) is 75.9 Å². The Morgan fingerprint density at radius 3 is 2.45 bits per heavy atom. The average Bonchev–Trinajstić information content (AvgIpc) is 3.11. The van der Waals surface area contributed by atoms with E-state index in [2.05, 4.69) is 0 Å². The van der Waals surface area contributed by atoms with Crippen LogP contribution in [0.3, 0.4) is 0 Å². The van der Waals surface area contributed by atoms with Gasteiger partial charge in [-0.1, -0.05) is 35.9 Å². The smallest absolute Gasteiger partial charge is 0.290 e. The van der Waals surface area contributed by atoms with E-state index in [1.165, 1.54) is 12.1 Å². The Hall–Kier alpha value is -3.64. The Morgan fingerprint density at radius 1 is 1.03 bits per heavy atom. The molecule has 5 rings (SSSR count). The van der Waals surface area contributed by atoms with Crippen molar-refractivity contribution in [3.05, 3.63) is 110 Å². The third-order valence-corrected chi connectivity index (χ3v) is 6.17. The predicted molar refractivity (Wildman–Crippen MR) is 123 cm³/mol. The number of methoxy groups -OCH3 is 1. The van der Waals surface area contributed by atoms with Crippen molar-refractivity contribution in [2.45, 2.75) is 12.5 Å². The van der Waals surface area contributed by atoms with Crippen molar-refractivity contribution in [2.24, 2.45) is 0 Å². The van der Waals surface area contributed by atoms with Crippen LogP contribution < -0.4 is 10.2 Å². The minimum absolute atomic E-state index is 0.00575. The predicted octanol–water partition coefficient (Wildman–Crippen LogP) is 5.38. The van der Waals surface area contributed by atoms with Crippen LogP contribution in [0.1, 0.15) is 33.3 Å². The van der Waals surface area contributed by atoms with Crippen molar-refractivity contribution in [3.63, 3.8) is 0 Å². The van der Waals surface area contributed by atoms with E-state index in [0.717, 1.165) is 22.9 Å². The molecule has 0 unspecified atom stereocenters. The number of amides is 1. The van der Waals surface area contributed by atoms with E-state index in [-0.39, 0.29) is 28.2 Å². The molecule has 1 amide bonds. The number of ether oxygens (including phenoxy) is 1. The molecule has 166 valence electrons. The minimum atomic E-state index is -0.660. The Labute approximate surface area is 194 Å². The van der Waals surface area contributed by atoms with E-state index in [9.17, 15) is 14.0 Å². The summed E-state index contributed by atoms with van der Waals surface area (Å²) >= 11 is 6.06. The van der Waals surface area contributed by atoms with Crippen LogP contribution in [0, 0.1) is 5.82 Å². The summed E-state index contributed by atoms with van der Waals surface area (Å²) in [6.07, 6.45) is 0.566. The monoisotopic (exact) mass is 463 g/mol. The van der Waals surface area contributed by atoms with Crippen molar-refractivity contribution in [1.29, 1.82) is 0 Å². The molecule has 7 heteroatoms. The molecule has 4 aromatic rings. The molecule has 3 aromatic carbocycles. The number of hydrogen-bond donors (Lipinski definition) is 0. The Kier molecular flexibility index (Phi) is 5.38. The highest BCUT2D eigenvalue weighted by Crippen LogP contribution is 2.38. The Bertz CT molecular complexity index is 1410. The number of halogens is 2. The lowest BCUT2D eigenvalue weighted by Gasteiger charge is -2.25. The summed E-state index contributed by atoms with van der Waals surface area (Å²) in [4.78, 5) is 28.4. The quantitative estimate of drug-likeness (QED) is 0.398. The summed E-state index contributed by atoms with van der Waals surface area (Å²) in [6, 6.07) is 17.6. The molecule has 1 atom stereocenters. The van der Waals surface area contributed by atoms with Gasteiger partial charge < -0.3 is 14.1 Å². The lowest BCUT2D eigenvalue weighted by atomic mass is 9.98. The topological polar surface area (TPSA) is 59.8 Å². The van der Waals surface area contributed by atoms with Gasteiger partial charge in [-0.25, -0.2) is 4.39 Å². The molecule has 0 spiro atoms. The van der Waals surface area contributed by atoms with Crippen LogP contribution in [-0.2, 0) is 6.42 Å². The van der Waals surface area contributed by atoms with Crippen LogP contribution in [-0.4, -0.2) is 24.5 Å². The van der Waals surface area contributed by atoms with E-state index in [1.807, 2.05) is 24.3 Å². The Balaban J connectivity index is 1.60. The van der Waals surface area contributed by atoms with Crippen molar-refractivity contribution < 1.29 is 18.3 Å². The first-order valence-electron chi connectivity index (χ1n) is 10.4. The number of nitrogens with zero attached hydrogens (tertiary/aromatic N) is 1. The second-order valence-corrected chi connectivity index (χ2v) is 8.30. The molecule has 0 saturated carbocycles. The highest BCUT2D eigenvalue weighted by Gasteiger charge is 2.42. The largest absolute Gasteiger partial charge is 0.497 e. The second kappa shape index (κ2) is 8.37. The lowest BCUT2D eigenvalue weighted by Crippen LogP contribution is -2.31. The van der Waals surface area contributed by atoms with E-state index >= 15 is 0 Å². The van der Waals surface area contributed by atoms with E-state index in [0.29, 0.717) is 18.0 Å². The number of benzene rings is 3. The summed E-state index contributed by atoms with van der Waals surface area (Å²) in [5, 5.41) is 0.651. The van der Waals surface area contributed by atoms with Gasteiger partial charge >= 0.3 is 0 Å². The van der Waals surface area contributed by atoms with Crippen molar-refractivity contribution in [1.82, 2.24) is 4.90 Å². The molecule has 0 aliphatic carbocycles. The third kappa shape index (κ3) is 3.76. The molecule has 0 radical (unpaired) electrons. The summed E-state index contributed by atoms with van der Waals surface area (Å²) in [7, 11) is 1.60. The zero-order chi connectivity index (χ0) is 23.1. The van der Waals surface area contributed by atoms with E-state index in [4.69, 9.17) is 20.8 Å². The standard InChI is InChI=1S/C26H19ClFNO4/c1-32-19-9-2-15(3-10-19)12-13-29-23(16-4-6-17(27)7-5-16)22-24(30)20-14-18(28)8-11-21(20)33-25(22)26(29)31/h2-11,14,23H,12-13H2,1H3/t23-/m1/s1. The number of carbonyl (C=O) groups excluding carboxylic acids is 1. The fourth-order valence-electron chi connectivity index (χ4n) is 4.26. The summed E-state index contributed by atoms with van der Waals surface area (Å²) in [5.74, 6) is -0.176. The van der Waals surface area contributed by atoms with Gasteiger partial charge in [-0.05, 0) is 60.0 Å². The normalized spacial score (nSPS) is 15.2. The zero-order valence-electron chi connectivity index (χ0n) is 17.7. The van der Waals surface area contributed by atoms with Gasteiger partial charge in [0, 0.05) is 11.6 Å². The van der Waals surface area contributed by atoms with Crippen LogP contribution in [0.25, 0.3) is 11.0 Å². The fraction of sp³-hybridized carbons (Fsp3) is 0.154. The van der Waals surface area contributed by atoms with E-state index in [1.54, 1.807) is 36.3 Å². The molecular weight excluding hydrogens is 445 g/mol. The Morgan fingerprint density at radius 2 is 1.76 bits per heavy atom. The molecule has 33 heavy (non-hydrogen) atoms. The molecule has 2 heterocycles. The van der Waals surface area contributed by atoms with Crippen LogP contribution >= 0.6 is 11.6 Å². The zero-order valence-corrected chi connectivity index (χ0v) is 18.4. The average molecular weight is 464 g/mol. The number of hydrogen-bond acceptors (Lipinski definition) is 4. The van der Waals surface area contributed by atoms with Crippen LogP contribution in [0.5, 0.6) is 5.75 Å². The number of fused-ring (bicyclic) bond motifs is 2. The maximum Gasteiger partial charge on any atom is 0.290 e. The molecule has 1 aliphatic heterocycles. The molecule has 0 saturated heterocycles. The molecule has 1 aliphatic rings. The molecule has 5 nitrogen and oxygen atoms in total. The minimum Gasteiger partial charge on any atom is -0.497 e. The molecule has 1 aromatic heterocycles. The van der Waals surface area contributed by atoms with Crippen molar-refractivity contribution >= 4 is 28.5 Å². The van der Waals surface area contributed by atoms with Gasteiger partial charge in [0.25, 0.3) is 5.91 Å². The second-order valence-electron chi connectivity index (χ2n) is 7.87.